The number of rotatable bonds is 1. The van der Waals surface area contributed by atoms with Gasteiger partial charge in [0.2, 0.25) is 0 Å². The lowest BCUT2D eigenvalue weighted by molar-refractivity contribution is -0.0696. The van der Waals surface area contributed by atoms with Crippen molar-refractivity contribution in [1.82, 2.24) is 0 Å². The molecule has 3 aromatic carbocycles. The largest absolute Gasteiger partial charge is 0.458 e. The first-order valence-corrected chi connectivity index (χ1v) is 6.70. The molecule has 3 heteroatoms. The average molecular weight is 296 g/mol. The summed E-state index contributed by atoms with van der Waals surface area (Å²) in [7, 11) is 0. The van der Waals surface area contributed by atoms with Crippen molar-refractivity contribution >= 4 is 10.8 Å². The number of fused-ring (bicyclic) bond motifs is 1. The molecule has 0 aliphatic heterocycles. The molecule has 0 bridgehead atoms. The van der Waals surface area contributed by atoms with E-state index in [1.807, 2.05) is 36.4 Å². The Kier molecular flexibility index (Phi) is 3.60. The summed E-state index contributed by atoms with van der Waals surface area (Å²) in [5, 5.41) is 2.28. The number of benzene rings is 3. The molecular weight excluding hydrogens is 285 g/mol. The highest BCUT2D eigenvalue weighted by Gasteiger charge is 2.22. The van der Waals surface area contributed by atoms with E-state index in [2.05, 4.69) is 12.0 Å². The molecule has 22 heavy (non-hydrogen) atoms. The van der Waals surface area contributed by atoms with Gasteiger partial charge in [-0.2, -0.15) is 13.2 Å². The van der Waals surface area contributed by atoms with Gasteiger partial charge >= 0.3 is 6.18 Å². The summed E-state index contributed by atoms with van der Waals surface area (Å²) < 4.78 is 36.2. The Hall–Kier alpha value is -2.73. The van der Waals surface area contributed by atoms with Crippen molar-refractivity contribution in [1.29, 1.82) is 0 Å². The van der Waals surface area contributed by atoms with Gasteiger partial charge in [-0.25, -0.2) is 0 Å². The fraction of sp³-hybridized carbons (Fsp3) is 0.0526. The van der Waals surface area contributed by atoms with Gasteiger partial charge in [0, 0.05) is 11.5 Å². The standard InChI is InChI=1S/C19H11F3/c20-19(21,22)12-11-14-5-7-16(8-6-14)18-10-9-15-3-1-2-4-17(15)13-18/h1-10,13H. The van der Waals surface area contributed by atoms with Crippen molar-refractivity contribution in [3.8, 4) is 23.0 Å². The van der Waals surface area contributed by atoms with Crippen LogP contribution in [-0.2, 0) is 0 Å². The van der Waals surface area contributed by atoms with E-state index < -0.39 is 6.18 Å². The normalized spacial score (nSPS) is 11.0. The van der Waals surface area contributed by atoms with E-state index in [4.69, 9.17) is 0 Å². The molecule has 0 amide bonds. The lowest BCUT2D eigenvalue weighted by Gasteiger charge is -2.04. The van der Waals surface area contributed by atoms with E-state index in [1.54, 1.807) is 24.3 Å². The van der Waals surface area contributed by atoms with Crippen LogP contribution in [0.25, 0.3) is 21.9 Å². The summed E-state index contributed by atoms with van der Waals surface area (Å²) in [5.41, 5.74) is 2.32. The Labute approximate surface area is 126 Å². The highest BCUT2D eigenvalue weighted by molar-refractivity contribution is 5.87. The zero-order valence-electron chi connectivity index (χ0n) is 11.5. The molecule has 0 heterocycles. The van der Waals surface area contributed by atoms with Crippen LogP contribution in [0.1, 0.15) is 5.56 Å². The summed E-state index contributed by atoms with van der Waals surface area (Å²) in [5.74, 6) is 3.39. The molecule has 0 unspecified atom stereocenters. The molecule has 0 aliphatic rings. The molecule has 0 spiro atoms. The number of halogens is 3. The van der Waals surface area contributed by atoms with Gasteiger partial charge in [0.1, 0.15) is 0 Å². The average Bonchev–Trinajstić information content (AvgIpc) is 2.52. The van der Waals surface area contributed by atoms with Crippen LogP contribution >= 0.6 is 0 Å². The maximum Gasteiger partial charge on any atom is 0.458 e. The Morgan fingerprint density at radius 2 is 1.32 bits per heavy atom. The highest BCUT2D eigenvalue weighted by Crippen LogP contribution is 2.24. The molecule has 0 radical (unpaired) electrons. The fourth-order valence-corrected chi connectivity index (χ4v) is 2.26. The number of hydrogen-bond acceptors (Lipinski definition) is 0. The van der Waals surface area contributed by atoms with Crippen LogP contribution in [-0.4, -0.2) is 6.18 Å². The van der Waals surface area contributed by atoms with Crippen molar-refractivity contribution in [3.63, 3.8) is 0 Å². The van der Waals surface area contributed by atoms with E-state index in [-0.39, 0.29) is 0 Å². The summed E-state index contributed by atoms with van der Waals surface area (Å²) in [6, 6.07) is 20.9. The van der Waals surface area contributed by atoms with Gasteiger partial charge in [-0.15, -0.1) is 0 Å². The van der Waals surface area contributed by atoms with Crippen molar-refractivity contribution in [2.75, 3.05) is 0 Å². The lowest BCUT2D eigenvalue weighted by atomic mass is 10.0. The first-order valence-electron chi connectivity index (χ1n) is 6.70. The molecule has 0 saturated carbocycles. The van der Waals surface area contributed by atoms with Gasteiger partial charge in [-0.05, 0) is 40.1 Å². The van der Waals surface area contributed by atoms with E-state index in [9.17, 15) is 13.2 Å². The maximum absolute atomic E-state index is 12.1. The highest BCUT2D eigenvalue weighted by atomic mass is 19.4. The molecule has 0 aromatic heterocycles. The first-order chi connectivity index (χ1) is 10.5. The third-order valence-electron chi connectivity index (χ3n) is 3.32. The molecule has 0 aliphatic carbocycles. The van der Waals surface area contributed by atoms with Crippen molar-refractivity contribution in [3.05, 3.63) is 72.3 Å². The second-order valence-corrected chi connectivity index (χ2v) is 4.89. The molecule has 0 N–H and O–H groups in total. The predicted octanol–water partition coefficient (Wildman–Crippen LogP) is 5.42. The maximum atomic E-state index is 12.1. The third kappa shape index (κ3) is 3.29. The Bertz CT molecular complexity index is 863. The Balaban J connectivity index is 1.92. The first kappa shape index (κ1) is 14.2. The minimum atomic E-state index is -4.46. The second-order valence-electron chi connectivity index (χ2n) is 4.89. The van der Waals surface area contributed by atoms with Crippen molar-refractivity contribution in [2.24, 2.45) is 0 Å². The zero-order chi connectivity index (χ0) is 15.6. The van der Waals surface area contributed by atoms with Crippen LogP contribution < -0.4 is 0 Å². The van der Waals surface area contributed by atoms with Gasteiger partial charge in [0.05, 0.1) is 0 Å². The van der Waals surface area contributed by atoms with E-state index in [1.165, 1.54) is 5.92 Å². The van der Waals surface area contributed by atoms with E-state index >= 15 is 0 Å². The van der Waals surface area contributed by atoms with Crippen LogP contribution in [0.4, 0.5) is 13.2 Å². The molecule has 3 aromatic rings. The second kappa shape index (κ2) is 5.57. The van der Waals surface area contributed by atoms with Crippen LogP contribution in [0, 0.1) is 11.8 Å². The van der Waals surface area contributed by atoms with E-state index in [0.29, 0.717) is 5.56 Å². The fourth-order valence-electron chi connectivity index (χ4n) is 2.26. The molecule has 0 atom stereocenters. The van der Waals surface area contributed by atoms with Crippen LogP contribution in [0.3, 0.4) is 0 Å². The SMILES string of the molecule is FC(F)(F)C#Cc1ccc(-c2ccc3ccccc3c2)cc1. The van der Waals surface area contributed by atoms with Gasteiger partial charge in [0.15, 0.2) is 0 Å². The molecular formula is C19H11F3. The van der Waals surface area contributed by atoms with Gasteiger partial charge in [-0.1, -0.05) is 54.5 Å². The zero-order valence-corrected chi connectivity index (χ0v) is 11.5. The Morgan fingerprint density at radius 1 is 0.682 bits per heavy atom. The minimum absolute atomic E-state index is 0.349. The van der Waals surface area contributed by atoms with Crippen molar-refractivity contribution in [2.45, 2.75) is 6.18 Å². The molecule has 0 fully saturated rings. The van der Waals surface area contributed by atoms with E-state index in [0.717, 1.165) is 21.9 Å². The minimum Gasteiger partial charge on any atom is -0.159 e. The molecule has 0 saturated heterocycles. The summed E-state index contributed by atoms with van der Waals surface area (Å²) >= 11 is 0. The van der Waals surface area contributed by atoms with Gasteiger partial charge in [0.25, 0.3) is 0 Å². The van der Waals surface area contributed by atoms with Crippen LogP contribution in [0.2, 0.25) is 0 Å². The molecule has 108 valence electrons. The Morgan fingerprint density at radius 3 is 2.00 bits per heavy atom. The molecule has 0 nitrogen and oxygen atoms in total. The quantitative estimate of drug-likeness (QED) is 0.526. The van der Waals surface area contributed by atoms with Crippen molar-refractivity contribution < 1.29 is 13.2 Å². The van der Waals surface area contributed by atoms with Crippen LogP contribution in [0.5, 0.6) is 0 Å². The predicted molar refractivity (Wildman–Crippen MR) is 82.3 cm³/mol. The summed E-state index contributed by atoms with van der Waals surface area (Å²) in [4.78, 5) is 0. The van der Waals surface area contributed by atoms with Gasteiger partial charge in [-0.3, -0.25) is 0 Å². The molecule has 3 rings (SSSR count). The number of alkyl halides is 3. The topological polar surface area (TPSA) is 0 Å². The lowest BCUT2D eigenvalue weighted by Crippen LogP contribution is -2.01. The van der Waals surface area contributed by atoms with Crippen LogP contribution in [0.15, 0.2) is 66.7 Å². The number of hydrogen-bond donors (Lipinski definition) is 0. The van der Waals surface area contributed by atoms with Gasteiger partial charge < -0.3 is 0 Å². The monoisotopic (exact) mass is 296 g/mol. The summed E-state index contributed by atoms with van der Waals surface area (Å²) in [6.45, 7) is 0. The smallest absolute Gasteiger partial charge is 0.159 e. The summed E-state index contributed by atoms with van der Waals surface area (Å²) in [6.07, 6.45) is -4.46. The third-order valence-corrected chi connectivity index (χ3v) is 3.32.